The molecule has 0 amide bonds. The fraction of sp³-hybridized carbons (Fsp3) is 0.462. The van der Waals surface area contributed by atoms with Gasteiger partial charge in [-0.15, -0.1) is 0 Å². The number of hydrogen-bond acceptors (Lipinski definition) is 4. The molecule has 1 aromatic carbocycles. The summed E-state index contributed by atoms with van der Waals surface area (Å²) in [6.07, 6.45) is -0.0659. The zero-order valence-corrected chi connectivity index (χ0v) is 11.6. The Morgan fingerprint density at radius 2 is 1.95 bits per heavy atom. The molecule has 2 unspecified atom stereocenters. The minimum atomic E-state index is -3.61. The van der Waals surface area contributed by atoms with Crippen molar-refractivity contribution in [1.29, 1.82) is 5.26 Å². The van der Waals surface area contributed by atoms with E-state index in [1.807, 2.05) is 19.9 Å². The molecule has 1 fully saturated rings. The van der Waals surface area contributed by atoms with Gasteiger partial charge in [-0.25, -0.2) is 13.1 Å². The van der Waals surface area contributed by atoms with Crippen LogP contribution < -0.4 is 4.72 Å². The molecule has 0 saturated heterocycles. The predicted molar refractivity (Wildman–Crippen MR) is 69.7 cm³/mol. The van der Waals surface area contributed by atoms with Gasteiger partial charge in [-0.1, -0.05) is 13.8 Å². The van der Waals surface area contributed by atoms with E-state index in [9.17, 15) is 13.5 Å². The predicted octanol–water partition coefficient (Wildman–Crippen LogP) is 0.996. The van der Waals surface area contributed by atoms with Crippen LogP contribution in [0.25, 0.3) is 0 Å². The van der Waals surface area contributed by atoms with E-state index >= 15 is 0 Å². The minimum absolute atomic E-state index is 0.128. The van der Waals surface area contributed by atoms with Gasteiger partial charge in [0, 0.05) is 11.5 Å². The monoisotopic (exact) mass is 280 g/mol. The normalized spacial score (nSPS) is 25.4. The highest BCUT2D eigenvalue weighted by Crippen LogP contribution is 2.41. The summed E-state index contributed by atoms with van der Waals surface area (Å²) in [4.78, 5) is 0.128. The van der Waals surface area contributed by atoms with Crippen molar-refractivity contribution in [2.75, 3.05) is 0 Å². The van der Waals surface area contributed by atoms with Gasteiger partial charge in [-0.05, 0) is 30.7 Å². The van der Waals surface area contributed by atoms with Gasteiger partial charge >= 0.3 is 0 Å². The van der Waals surface area contributed by atoms with Gasteiger partial charge < -0.3 is 5.11 Å². The van der Waals surface area contributed by atoms with E-state index in [1.165, 1.54) is 24.3 Å². The molecular weight excluding hydrogens is 264 g/mol. The third-order valence-electron chi connectivity index (χ3n) is 3.81. The molecule has 1 saturated carbocycles. The molecule has 2 rings (SSSR count). The summed E-state index contributed by atoms with van der Waals surface area (Å²) in [6.45, 7) is 3.65. The van der Waals surface area contributed by atoms with Gasteiger partial charge in [0.15, 0.2) is 0 Å². The van der Waals surface area contributed by atoms with Crippen LogP contribution in [0.2, 0.25) is 0 Å². The lowest BCUT2D eigenvalue weighted by molar-refractivity contribution is -0.0645. The number of benzene rings is 1. The number of aliphatic hydroxyl groups excluding tert-OH is 1. The maximum Gasteiger partial charge on any atom is 0.240 e. The second-order valence-electron chi connectivity index (χ2n) is 5.38. The zero-order valence-electron chi connectivity index (χ0n) is 10.8. The Labute approximate surface area is 112 Å². The van der Waals surface area contributed by atoms with Crippen LogP contribution in [0.3, 0.4) is 0 Å². The molecule has 102 valence electrons. The van der Waals surface area contributed by atoms with Gasteiger partial charge in [0.1, 0.15) is 0 Å². The van der Waals surface area contributed by atoms with Gasteiger partial charge in [0.2, 0.25) is 10.0 Å². The quantitative estimate of drug-likeness (QED) is 0.864. The summed E-state index contributed by atoms with van der Waals surface area (Å²) in [5.41, 5.74) is -0.0435. The molecule has 6 heteroatoms. The molecular formula is C13H16N2O3S. The van der Waals surface area contributed by atoms with E-state index < -0.39 is 21.5 Å². The second kappa shape index (κ2) is 4.60. The third kappa shape index (κ3) is 2.50. The number of nitriles is 1. The van der Waals surface area contributed by atoms with Crippen molar-refractivity contribution >= 4 is 10.0 Å². The summed E-state index contributed by atoms with van der Waals surface area (Å²) >= 11 is 0. The summed E-state index contributed by atoms with van der Waals surface area (Å²) in [6, 6.07) is 7.41. The highest BCUT2D eigenvalue weighted by Gasteiger charge is 2.48. The van der Waals surface area contributed by atoms with E-state index in [0.29, 0.717) is 12.0 Å². The molecule has 2 N–H and O–H groups in total. The van der Waals surface area contributed by atoms with Crippen LogP contribution in [0.5, 0.6) is 0 Å². The second-order valence-corrected chi connectivity index (χ2v) is 7.10. The van der Waals surface area contributed by atoms with Crippen molar-refractivity contribution in [3.63, 3.8) is 0 Å². The van der Waals surface area contributed by atoms with Crippen LogP contribution in [-0.2, 0) is 10.0 Å². The van der Waals surface area contributed by atoms with E-state index in [4.69, 9.17) is 5.26 Å². The van der Waals surface area contributed by atoms with Crippen LogP contribution in [0.15, 0.2) is 29.2 Å². The van der Waals surface area contributed by atoms with Crippen LogP contribution >= 0.6 is 0 Å². The van der Waals surface area contributed by atoms with Crippen LogP contribution in [0.4, 0.5) is 0 Å². The maximum atomic E-state index is 12.2. The SMILES string of the molecule is CC1(C)C(O)CC1NS(=O)(=O)c1ccc(C#N)cc1. The van der Waals surface area contributed by atoms with Crippen molar-refractivity contribution < 1.29 is 13.5 Å². The fourth-order valence-corrected chi connectivity index (χ4v) is 3.47. The molecule has 0 radical (unpaired) electrons. The topological polar surface area (TPSA) is 90.2 Å². The Hall–Kier alpha value is -1.42. The number of hydrogen-bond donors (Lipinski definition) is 2. The first-order valence-corrected chi connectivity index (χ1v) is 7.46. The molecule has 2 atom stereocenters. The first kappa shape index (κ1) is 14.0. The first-order chi connectivity index (χ1) is 8.77. The number of nitrogens with zero attached hydrogens (tertiary/aromatic N) is 1. The smallest absolute Gasteiger partial charge is 0.240 e. The van der Waals surface area contributed by atoms with Crippen molar-refractivity contribution in [1.82, 2.24) is 4.72 Å². The average Bonchev–Trinajstić information content (AvgIpc) is 2.38. The fourth-order valence-electron chi connectivity index (χ4n) is 2.07. The lowest BCUT2D eigenvalue weighted by Gasteiger charge is -2.49. The van der Waals surface area contributed by atoms with Crippen molar-refractivity contribution in [2.45, 2.75) is 37.3 Å². The average molecular weight is 280 g/mol. The molecule has 5 nitrogen and oxygen atoms in total. The van der Waals surface area contributed by atoms with Gasteiger partial charge in [0.05, 0.1) is 22.6 Å². The molecule has 1 aliphatic carbocycles. The molecule has 0 spiro atoms. The van der Waals surface area contributed by atoms with E-state index in [-0.39, 0.29) is 10.9 Å². The Kier molecular flexibility index (Phi) is 3.39. The Morgan fingerprint density at radius 3 is 2.37 bits per heavy atom. The summed E-state index contributed by atoms with van der Waals surface area (Å²) in [5.74, 6) is 0. The highest BCUT2D eigenvalue weighted by molar-refractivity contribution is 7.89. The summed E-state index contributed by atoms with van der Waals surface area (Å²) in [5, 5.41) is 18.3. The summed E-state index contributed by atoms with van der Waals surface area (Å²) < 4.78 is 26.9. The highest BCUT2D eigenvalue weighted by atomic mass is 32.2. The Bertz CT molecular complexity index is 614. The Balaban J connectivity index is 2.17. The van der Waals surface area contributed by atoms with Gasteiger partial charge in [-0.3, -0.25) is 0 Å². The van der Waals surface area contributed by atoms with Crippen molar-refractivity contribution in [3.05, 3.63) is 29.8 Å². The Morgan fingerprint density at radius 1 is 1.37 bits per heavy atom. The molecule has 1 aliphatic rings. The zero-order chi connectivity index (χ0) is 14.3. The van der Waals surface area contributed by atoms with Crippen molar-refractivity contribution in [3.8, 4) is 6.07 Å². The first-order valence-electron chi connectivity index (χ1n) is 5.98. The number of rotatable bonds is 3. The molecule has 1 aromatic rings. The van der Waals surface area contributed by atoms with Crippen LogP contribution in [0.1, 0.15) is 25.8 Å². The number of sulfonamides is 1. The standard InChI is InChI=1S/C13H16N2O3S/c1-13(2)11(7-12(13)16)15-19(17,18)10-5-3-9(8-14)4-6-10/h3-6,11-12,15-16H,7H2,1-2H3. The summed E-state index contributed by atoms with van der Waals surface area (Å²) in [7, 11) is -3.61. The van der Waals surface area contributed by atoms with Gasteiger partial charge in [-0.2, -0.15) is 5.26 Å². The maximum absolute atomic E-state index is 12.2. The third-order valence-corrected chi connectivity index (χ3v) is 5.29. The van der Waals surface area contributed by atoms with Crippen LogP contribution in [-0.4, -0.2) is 25.7 Å². The van der Waals surface area contributed by atoms with Crippen LogP contribution in [0, 0.1) is 16.7 Å². The molecule has 19 heavy (non-hydrogen) atoms. The van der Waals surface area contributed by atoms with E-state index in [2.05, 4.69) is 4.72 Å². The molecule has 0 bridgehead atoms. The van der Waals surface area contributed by atoms with E-state index in [1.54, 1.807) is 0 Å². The minimum Gasteiger partial charge on any atom is -0.392 e. The van der Waals surface area contributed by atoms with E-state index in [0.717, 1.165) is 0 Å². The lowest BCUT2D eigenvalue weighted by atomic mass is 9.65. The van der Waals surface area contributed by atoms with Crippen molar-refractivity contribution in [2.24, 2.45) is 5.41 Å². The molecule has 0 heterocycles. The number of nitrogens with one attached hydrogen (secondary N) is 1. The lowest BCUT2D eigenvalue weighted by Crippen LogP contribution is -2.61. The largest absolute Gasteiger partial charge is 0.392 e. The molecule has 0 aromatic heterocycles. The molecule has 0 aliphatic heterocycles. The number of aliphatic hydroxyl groups is 1. The van der Waals surface area contributed by atoms with Gasteiger partial charge in [0.25, 0.3) is 0 Å².